The number of aromatic nitrogens is 3. The summed E-state index contributed by atoms with van der Waals surface area (Å²) in [5.74, 6) is -0.569. The number of thiazole rings is 1. The fourth-order valence-electron chi connectivity index (χ4n) is 4.09. The normalized spacial score (nSPS) is 13.9. The molecule has 3 aromatic heterocycles. The van der Waals surface area contributed by atoms with Gasteiger partial charge in [-0.15, -0.1) is 11.3 Å². The molecule has 1 amide bonds. The molecule has 184 valence electrons. The zero-order valence-corrected chi connectivity index (χ0v) is 21.0. The van der Waals surface area contributed by atoms with E-state index in [1.54, 1.807) is 0 Å². The van der Waals surface area contributed by atoms with Crippen molar-refractivity contribution in [1.29, 1.82) is 5.26 Å². The van der Waals surface area contributed by atoms with Crippen LogP contribution in [0, 0.1) is 11.3 Å². The van der Waals surface area contributed by atoms with Gasteiger partial charge in [-0.2, -0.15) is 5.26 Å². The molecular weight excluding hydrogens is 478 g/mol. The molecule has 1 fully saturated rings. The van der Waals surface area contributed by atoms with Gasteiger partial charge in [0.25, 0.3) is 11.7 Å². The number of ether oxygens (including phenoxy) is 2. The van der Waals surface area contributed by atoms with Crippen LogP contribution in [0.25, 0.3) is 22.6 Å². The van der Waals surface area contributed by atoms with E-state index in [9.17, 15) is 14.9 Å². The van der Waals surface area contributed by atoms with Crippen LogP contribution < -0.4 is 9.47 Å². The van der Waals surface area contributed by atoms with Gasteiger partial charge in [0.1, 0.15) is 22.3 Å². The number of Topliss-reactive ketones (excluding diaryl/α,β-unsaturated/α-hetero) is 1. The molecule has 1 aliphatic heterocycles. The van der Waals surface area contributed by atoms with Gasteiger partial charge in [0.2, 0.25) is 5.88 Å². The number of fused-ring (bicyclic) bond motifs is 1. The molecule has 9 nitrogen and oxygen atoms in total. The Hall–Kier alpha value is -4.23. The number of ketones is 1. The topological polar surface area (TPSA) is 121 Å². The Morgan fingerprint density at radius 2 is 2.00 bits per heavy atom. The van der Waals surface area contributed by atoms with Crippen molar-refractivity contribution in [3.8, 4) is 17.7 Å². The van der Waals surface area contributed by atoms with Crippen LogP contribution in [-0.2, 0) is 4.79 Å². The molecule has 0 aromatic carbocycles. The molecule has 1 saturated heterocycles. The average molecular weight is 504 g/mol. The largest absolute Gasteiger partial charge is 0.494 e. The van der Waals surface area contributed by atoms with Crippen LogP contribution in [0.2, 0.25) is 0 Å². The van der Waals surface area contributed by atoms with Gasteiger partial charge >= 0.3 is 0 Å². The smallest absolute Gasteiger partial charge is 0.295 e. The Morgan fingerprint density at radius 3 is 2.67 bits per heavy atom. The standard InChI is InChI=1S/C26H25N5O4S/c1-4-5-6-7-17-15-36-25(30-17)18(12-27)16-8-10-31(11-9-16)26(33)23(32)19-13-28-22-21(19)20(34-2)14-29-24(22)35-3/h4-7,13-15,28H,8-11H2,1-3H3/b5-4-,7-6-. The first kappa shape index (κ1) is 24.9. The number of hydrogen-bond acceptors (Lipinski definition) is 8. The fourth-order valence-corrected chi connectivity index (χ4v) is 4.92. The molecule has 1 N–H and O–H groups in total. The van der Waals surface area contributed by atoms with E-state index in [2.05, 4.69) is 21.0 Å². The second-order valence-electron chi connectivity index (χ2n) is 7.96. The molecule has 0 unspecified atom stereocenters. The summed E-state index contributed by atoms with van der Waals surface area (Å²) in [5, 5.41) is 12.8. The summed E-state index contributed by atoms with van der Waals surface area (Å²) in [6.45, 7) is 2.62. The van der Waals surface area contributed by atoms with Gasteiger partial charge in [-0.3, -0.25) is 9.59 Å². The number of aromatic amines is 1. The number of allylic oxidation sites excluding steroid dienone is 4. The molecular formula is C26H25N5O4S. The molecule has 4 heterocycles. The van der Waals surface area contributed by atoms with Crippen molar-refractivity contribution in [3.05, 3.63) is 57.8 Å². The Balaban J connectivity index is 1.51. The van der Waals surface area contributed by atoms with Crippen molar-refractivity contribution < 1.29 is 19.1 Å². The summed E-state index contributed by atoms with van der Waals surface area (Å²) in [6.07, 6.45) is 11.6. The van der Waals surface area contributed by atoms with E-state index < -0.39 is 11.7 Å². The number of nitrogens with one attached hydrogen (secondary N) is 1. The zero-order valence-electron chi connectivity index (χ0n) is 20.2. The molecule has 3 aromatic rings. The minimum atomic E-state index is -0.641. The number of rotatable bonds is 7. The lowest BCUT2D eigenvalue weighted by Crippen LogP contribution is -2.40. The van der Waals surface area contributed by atoms with Crippen LogP contribution >= 0.6 is 11.3 Å². The maximum Gasteiger partial charge on any atom is 0.295 e. The maximum absolute atomic E-state index is 13.2. The second-order valence-corrected chi connectivity index (χ2v) is 8.82. The van der Waals surface area contributed by atoms with Crippen molar-refractivity contribution >= 4 is 45.6 Å². The third kappa shape index (κ3) is 4.78. The number of carbonyl (C=O) groups excluding carboxylic acids is 2. The number of nitriles is 1. The predicted octanol–water partition coefficient (Wildman–Crippen LogP) is 4.41. The fraction of sp³-hybridized carbons (Fsp3) is 0.269. The monoisotopic (exact) mass is 503 g/mol. The minimum absolute atomic E-state index is 0.202. The molecule has 0 atom stereocenters. The van der Waals surface area contributed by atoms with Crippen molar-refractivity contribution in [3.63, 3.8) is 0 Å². The van der Waals surface area contributed by atoms with Gasteiger partial charge in [0, 0.05) is 24.7 Å². The zero-order chi connectivity index (χ0) is 25.7. The van der Waals surface area contributed by atoms with Crippen LogP contribution in [0.15, 0.2) is 41.6 Å². The Bertz CT molecular complexity index is 1430. The lowest BCUT2D eigenvalue weighted by Gasteiger charge is -2.28. The predicted molar refractivity (Wildman–Crippen MR) is 138 cm³/mol. The average Bonchev–Trinajstić information content (AvgIpc) is 3.56. The van der Waals surface area contributed by atoms with Crippen LogP contribution in [0.1, 0.15) is 40.8 Å². The Labute approximate surface area is 212 Å². The van der Waals surface area contributed by atoms with Gasteiger partial charge in [0.05, 0.1) is 42.6 Å². The van der Waals surface area contributed by atoms with Gasteiger partial charge in [-0.1, -0.05) is 18.2 Å². The molecule has 0 aliphatic carbocycles. The van der Waals surface area contributed by atoms with Gasteiger partial charge in [-0.25, -0.2) is 9.97 Å². The third-order valence-electron chi connectivity index (χ3n) is 5.92. The van der Waals surface area contributed by atoms with Crippen LogP contribution in [-0.4, -0.2) is 58.9 Å². The molecule has 0 bridgehead atoms. The highest BCUT2D eigenvalue weighted by Gasteiger charge is 2.30. The van der Waals surface area contributed by atoms with Crippen molar-refractivity contribution in [2.24, 2.45) is 0 Å². The molecule has 0 radical (unpaired) electrons. The maximum atomic E-state index is 13.2. The summed E-state index contributed by atoms with van der Waals surface area (Å²) in [7, 11) is 2.95. The highest BCUT2D eigenvalue weighted by Crippen LogP contribution is 2.34. The Morgan fingerprint density at radius 1 is 1.22 bits per heavy atom. The molecule has 36 heavy (non-hydrogen) atoms. The first-order valence-corrected chi connectivity index (χ1v) is 12.2. The first-order chi connectivity index (χ1) is 17.5. The number of methoxy groups -OCH3 is 2. The van der Waals surface area contributed by atoms with E-state index in [-0.39, 0.29) is 5.56 Å². The molecule has 0 saturated carbocycles. The summed E-state index contributed by atoms with van der Waals surface area (Å²) in [4.78, 5) is 39.5. The number of likely N-dealkylation sites (tertiary alicyclic amines) is 1. The number of pyridine rings is 1. The van der Waals surface area contributed by atoms with E-state index in [1.807, 2.05) is 36.6 Å². The third-order valence-corrected chi connectivity index (χ3v) is 6.80. The van der Waals surface area contributed by atoms with Crippen molar-refractivity contribution in [2.75, 3.05) is 27.3 Å². The summed E-state index contributed by atoms with van der Waals surface area (Å²) >= 11 is 1.42. The van der Waals surface area contributed by atoms with Crippen LogP contribution in [0.4, 0.5) is 0 Å². The van der Waals surface area contributed by atoms with E-state index in [0.717, 1.165) is 11.3 Å². The number of hydrogen-bond donors (Lipinski definition) is 1. The van der Waals surface area contributed by atoms with E-state index in [4.69, 9.17) is 9.47 Å². The number of piperidine rings is 1. The highest BCUT2D eigenvalue weighted by atomic mass is 32.1. The lowest BCUT2D eigenvalue weighted by atomic mass is 9.98. The quantitative estimate of drug-likeness (QED) is 0.219. The molecule has 10 heteroatoms. The molecule has 1 aliphatic rings. The number of amides is 1. The molecule has 0 spiro atoms. The lowest BCUT2D eigenvalue weighted by molar-refractivity contribution is -0.126. The number of nitrogens with zero attached hydrogens (tertiary/aromatic N) is 4. The Kier molecular flexibility index (Phi) is 7.61. The second kappa shape index (κ2) is 11.0. The van der Waals surface area contributed by atoms with Crippen molar-refractivity contribution in [2.45, 2.75) is 19.8 Å². The first-order valence-electron chi connectivity index (χ1n) is 11.3. The van der Waals surface area contributed by atoms with Crippen molar-refractivity contribution in [1.82, 2.24) is 19.9 Å². The van der Waals surface area contributed by atoms with E-state index in [0.29, 0.717) is 59.0 Å². The summed E-state index contributed by atoms with van der Waals surface area (Å²) in [6, 6.07) is 2.28. The number of H-pyrrole nitrogens is 1. The van der Waals surface area contributed by atoms with E-state index in [1.165, 1.54) is 42.8 Å². The number of carbonyl (C=O) groups is 2. The SMILES string of the molecule is C/C=C\C=C/c1csc(C(C#N)=C2CCN(C(=O)C(=O)c3c[nH]c4c(OC)ncc(OC)c34)CC2)n1. The summed E-state index contributed by atoms with van der Waals surface area (Å²) in [5.41, 5.74) is 2.97. The van der Waals surface area contributed by atoms with Gasteiger partial charge in [-0.05, 0) is 31.4 Å². The van der Waals surface area contributed by atoms with Crippen LogP contribution in [0.3, 0.4) is 0 Å². The highest BCUT2D eigenvalue weighted by molar-refractivity contribution is 7.11. The van der Waals surface area contributed by atoms with Gasteiger partial charge < -0.3 is 19.4 Å². The summed E-state index contributed by atoms with van der Waals surface area (Å²) < 4.78 is 10.6. The van der Waals surface area contributed by atoms with E-state index >= 15 is 0 Å². The van der Waals surface area contributed by atoms with Gasteiger partial charge in [0.15, 0.2) is 0 Å². The van der Waals surface area contributed by atoms with Crippen LogP contribution in [0.5, 0.6) is 11.6 Å². The minimum Gasteiger partial charge on any atom is -0.494 e. The molecule has 4 rings (SSSR count).